The minimum atomic E-state index is -0.306. The van der Waals surface area contributed by atoms with Crippen molar-refractivity contribution in [2.75, 3.05) is 6.61 Å². The van der Waals surface area contributed by atoms with Crippen molar-refractivity contribution in [2.45, 2.75) is 96.2 Å². The van der Waals surface area contributed by atoms with Crippen LogP contribution in [0.15, 0.2) is 48.5 Å². The lowest BCUT2D eigenvalue weighted by Crippen LogP contribution is -2.29. The molecule has 2 N–H and O–H groups in total. The molecule has 2 aromatic rings. The van der Waals surface area contributed by atoms with Gasteiger partial charge in [-0.05, 0) is 65.7 Å². The Hall–Kier alpha value is -1.84. The van der Waals surface area contributed by atoms with Crippen LogP contribution in [-0.4, -0.2) is 22.9 Å². The van der Waals surface area contributed by atoms with Crippen molar-refractivity contribution < 1.29 is 14.9 Å². The molecule has 32 heavy (non-hydrogen) atoms. The third kappa shape index (κ3) is 6.59. The molecule has 0 aliphatic heterocycles. The molecule has 0 heterocycles. The molecule has 0 saturated heterocycles. The lowest BCUT2D eigenvalue weighted by molar-refractivity contribution is 0.0698. The monoisotopic (exact) mass is 438 g/mol. The highest BCUT2D eigenvalue weighted by Crippen LogP contribution is 2.43. The first kappa shape index (κ1) is 24.8. The van der Waals surface area contributed by atoms with E-state index in [0.29, 0.717) is 13.0 Å². The first-order valence-electron chi connectivity index (χ1n) is 12.5. The van der Waals surface area contributed by atoms with Gasteiger partial charge in [-0.1, -0.05) is 88.9 Å². The van der Waals surface area contributed by atoms with Gasteiger partial charge in [0.2, 0.25) is 0 Å². The zero-order valence-corrected chi connectivity index (χ0v) is 20.2. The van der Waals surface area contributed by atoms with Gasteiger partial charge in [-0.25, -0.2) is 0 Å². The fourth-order valence-corrected chi connectivity index (χ4v) is 5.07. The van der Waals surface area contributed by atoms with Crippen molar-refractivity contribution in [3.05, 3.63) is 65.2 Å². The third-order valence-electron chi connectivity index (χ3n) is 7.29. The maximum atomic E-state index is 10.4. The molecule has 1 fully saturated rings. The van der Waals surface area contributed by atoms with Crippen molar-refractivity contribution in [1.29, 1.82) is 0 Å². The molecule has 0 aromatic heterocycles. The van der Waals surface area contributed by atoms with Gasteiger partial charge in [-0.3, -0.25) is 0 Å². The summed E-state index contributed by atoms with van der Waals surface area (Å²) in [5.74, 6) is 1.20. The van der Waals surface area contributed by atoms with E-state index in [1.54, 1.807) is 0 Å². The van der Waals surface area contributed by atoms with Gasteiger partial charge >= 0.3 is 0 Å². The first-order valence-corrected chi connectivity index (χ1v) is 12.5. The quantitative estimate of drug-likeness (QED) is 0.381. The lowest BCUT2D eigenvalue weighted by Gasteiger charge is -2.35. The van der Waals surface area contributed by atoms with Crippen LogP contribution in [0.1, 0.15) is 94.7 Å². The molecule has 3 atom stereocenters. The molecule has 0 bridgehead atoms. The zero-order chi connectivity index (χ0) is 23.0. The summed E-state index contributed by atoms with van der Waals surface area (Å²) in [7, 11) is 0. The van der Waals surface area contributed by atoms with Gasteiger partial charge in [-0.2, -0.15) is 0 Å². The molecule has 3 heteroatoms. The van der Waals surface area contributed by atoms with E-state index in [2.05, 4.69) is 51.1 Å². The van der Waals surface area contributed by atoms with Crippen LogP contribution >= 0.6 is 0 Å². The van der Waals surface area contributed by atoms with Crippen LogP contribution in [-0.2, 0) is 12.0 Å². The van der Waals surface area contributed by atoms with Gasteiger partial charge in [0.25, 0.3) is 0 Å². The van der Waals surface area contributed by atoms with E-state index in [-0.39, 0.29) is 30.0 Å². The molecule has 1 aliphatic carbocycles. The maximum absolute atomic E-state index is 10.4. The number of aliphatic hydroxyl groups is 2. The highest BCUT2D eigenvalue weighted by molar-refractivity contribution is 5.43. The Bertz CT molecular complexity index is 814. The van der Waals surface area contributed by atoms with Crippen LogP contribution in [0.5, 0.6) is 5.75 Å². The first-order chi connectivity index (χ1) is 15.4. The van der Waals surface area contributed by atoms with Crippen LogP contribution in [0.4, 0.5) is 0 Å². The average molecular weight is 439 g/mol. The minimum Gasteiger partial charge on any atom is -0.489 e. The van der Waals surface area contributed by atoms with Crippen molar-refractivity contribution in [3.8, 4) is 5.75 Å². The Morgan fingerprint density at radius 2 is 1.78 bits per heavy atom. The molecular formula is C29H42O3. The summed E-state index contributed by atoms with van der Waals surface area (Å²) in [6, 6.07) is 16.9. The number of hydrogen-bond acceptors (Lipinski definition) is 3. The Balaban J connectivity index is 1.87. The second kappa shape index (κ2) is 11.9. The molecule has 176 valence electrons. The molecule has 1 aliphatic rings. The highest BCUT2D eigenvalue weighted by Gasteiger charge is 2.33. The number of ether oxygens (including phenoxy) is 1. The number of benzene rings is 2. The van der Waals surface area contributed by atoms with Gasteiger partial charge in [0.1, 0.15) is 12.4 Å². The highest BCUT2D eigenvalue weighted by atomic mass is 16.5. The zero-order valence-electron chi connectivity index (χ0n) is 20.2. The number of unbranched alkanes of at least 4 members (excludes halogenated alkanes) is 3. The van der Waals surface area contributed by atoms with Gasteiger partial charge in [0.15, 0.2) is 0 Å². The second-order valence-electron chi connectivity index (χ2n) is 10.2. The largest absolute Gasteiger partial charge is 0.489 e. The van der Waals surface area contributed by atoms with E-state index >= 15 is 0 Å². The molecule has 0 unspecified atom stereocenters. The SMILES string of the molecule is CCCCCCC(C)(C)c1ccc([C@@H]2C[C@H](O)CC[C@H]2CO)c(OCc2ccccc2)c1. The van der Waals surface area contributed by atoms with E-state index in [9.17, 15) is 10.2 Å². The van der Waals surface area contributed by atoms with Crippen LogP contribution in [0.25, 0.3) is 0 Å². The fourth-order valence-electron chi connectivity index (χ4n) is 5.07. The summed E-state index contributed by atoms with van der Waals surface area (Å²) in [6.07, 6.45) is 8.24. The maximum Gasteiger partial charge on any atom is 0.123 e. The van der Waals surface area contributed by atoms with Crippen LogP contribution in [0.2, 0.25) is 0 Å². The van der Waals surface area contributed by atoms with Crippen LogP contribution < -0.4 is 4.74 Å². The summed E-state index contributed by atoms with van der Waals surface area (Å²) in [4.78, 5) is 0. The van der Waals surface area contributed by atoms with Crippen LogP contribution in [0, 0.1) is 5.92 Å². The molecule has 0 radical (unpaired) electrons. The Labute approximate surface area is 194 Å². The van der Waals surface area contributed by atoms with Crippen LogP contribution in [0.3, 0.4) is 0 Å². The Kier molecular flexibility index (Phi) is 9.19. The van der Waals surface area contributed by atoms with Gasteiger partial charge in [0.05, 0.1) is 6.10 Å². The predicted octanol–water partition coefficient (Wildman–Crippen LogP) is 6.75. The van der Waals surface area contributed by atoms with E-state index in [0.717, 1.165) is 36.1 Å². The minimum absolute atomic E-state index is 0.0829. The summed E-state index contributed by atoms with van der Waals surface area (Å²) in [6.45, 7) is 7.58. The topological polar surface area (TPSA) is 49.7 Å². The van der Waals surface area contributed by atoms with E-state index in [1.807, 2.05) is 18.2 Å². The Morgan fingerprint density at radius 3 is 2.50 bits per heavy atom. The third-order valence-corrected chi connectivity index (χ3v) is 7.29. The van der Waals surface area contributed by atoms with Crippen molar-refractivity contribution in [3.63, 3.8) is 0 Å². The number of rotatable bonds is 11. The van der Waals surface area contributed by atoms with Gasteiger partial charge < -0.3 is 14.9 Å². The molecule has 0 spiro atoms. The molecular weight excluding hydrogens is 396 g/mol. The van der Waals surface area contributed by atoms with Gasteiger partial charge in [0, 0.05) is 6.61 Å². The lowest BCUT2D eigenvalue weighted by atomic mass is 9.73. The number of hydrogen-bond donors (Lipinski definition) is 2. The number of aliphatic hydroxyl groups excluding tert-OH is 2. The molecule has 2 aromatic carbocycles. The average Bonchev–Trinajstić information content (AvgIpc) is 2.81. The van der Waals surface area contributed by atoms with Gasteiger partial charge in [-0.15, -0.1) is 0 Å². The normalized spacial score (nSPS) is 21.5. The van der Waals surface area contributed by atoms with E-state index in [1.165, 1.54) is 31.2 Å². The molecule has 0 amide bonds. The van der Waals surface area contributed by atoms with E-state index in [4.69, 9.17) is 4.74 Å². The Morgan fingerprint density at radius 1 is 1.00 bits per heavy atom. The standard InChI is InChI=1S/C29H42O3/c1-4-5-6-10-17-29(2,3)24-14-16-26(27-19-25(31)15-13-23(27)20-30)28(18-24)32-21-22-11-8-7-9-12-22/h7-9,11-12,14,16,18,23,25,27,30-31H,4-6,10,13,15,17,19-21H2,1-3H3/t23-,25+,27+/m0/s1. The summed E-state index contributed by atoms with van der Waals surface area (Å²) in [5.41, 5.74) is 3.66. The molecule has 1 saturated carbocycles. The summed E-state index contributed by atoms with van der Waals surface area (Å²) < 4.78 is 6.42. The molecule has 3 nitrogen and oxygen atoms in total. The van der Waals surface area contributed by atoms with Crippen molar-refractivity contribution in [1.82, 2.24) is 0 Å². The second-order valence-corrected chi connectivity index (χ2v) is 10.2. The fraction of sp³-hybridized carbons (Fsp3) is 0.586. The van der Waals surface area contributed by atoms with Crippen molar-refractivity contribution >= 4 is 0 Å². The smallest absolute Gasteiger partial charge is 0.123 e. The van der Waals surface area contributed by atoms with Crippen molar-refractivity contribution in [2.24, 2.45) is 5.92 Å². The summed E-state index contributed by atoms with van der Waals surface area (Å²) >= 11 is 0. The van der Waals surface area contributed by atoms with E-state index < -0.39 is 0 Å². The molecule has 3 rings (SSSR count). The summed E-state index contributed by atoms with van der Waals surface area (Å²) in [5, 5.41) is 20.4. The predicted molar refractivity (Wildman–Crippen MR) is 132 cm³/mol.